The third-order valence-corrected chi connectivity index (χ3v) is 3.85. The second kappa shape index (κ2) is 6.16. The average molecular weight is 248 g/mol. The normalized spacial score (nSPS) is 20.3. The molecule has 100 valence electrons. The Morgan fingerprint density at radius 1 is 1.50 bits per heavy atom. The van der Waals surface area contributed by atoms with Crippen LogP contribution in [-0.4, -0.2) is 42.6 Å². The molecule has 4 heteroatoms. The molecule has 1 aromatic rings. The largest absolute Gasteiger partial charge is 0.372 e. The maximum Gasteiger partial charge on any atom is 0.0550 e. The number of hydrogen-bond donors (Lipinski definition) is 1. The van der Waals surface area contributed by atoms with Crippen molar-refractivity contribution in [2.24, 2.45) is 5.73 Å². The molecule has 0 aromatic carbocycles. The molecule has 0 radical (unpaired) electrons. The maximum absolute atomic E-state index is 5.56. The zero-order chi connectivity index (χ0) is 13.0. The lowest BCUT2D eigenvalue weighted by atomic mass is 10.2. The SMILES string of the molecule is CCN1CCCC1CN(C)c1ccc(CN)nc1. The fraction of sp³-hybridized carbons (Fsp3) is 0.643. The summed E-state index contributed by atoms with van der Waals surface area (Å²) >= 11 is 0. The molecule has 1 saturated heterocycles. The van der Waals surface area contributed by atoms with Crippen molar-refractivity contribution in [3.05, 3.63) is 24.0 Å². The van der Waals surface area contributed by atoms with Crippen LogP contribution in [0.25, 0.3) is 0 Å². The van der Waals surface area contributed by atoms with Gasteiger partial charge >= 0.3 is 0 Å². The van der Waals surface area contributed by atoms with Crippen LogP contribution in [0.1, 0.15) is 25.5 Å². The molecule has 0 saturated carbocycles. The van der Waals surface area contributed by atoms with E-state index in [1.807, 2.05) is 12.3 Å². The smallest absolute Gasteiger partial charge is 0.0550 e. The van der Waals surface area contributed by atoms with Crippen LogP contribution in [0.5, 0.6) is 0 Å². The van der Waals surface area contributed by atoms with Gasteiger partial charge in [-0.3, -0.25) is 9.88 Å². The Morgan fingerprint density at radius 2 is 2.33 bits per heavy atom. The molecule has 0 amide bonds. The first kappa shape index (κ1) is 13.3. The topological polar surface area (TPSA) is 45.4 Å². The molecule has 18 heavy (non-hydrogen) atoms. The third-order valence-electron chi connectivity index (χ3n) is 3.85. The molecule has 0 spiro atoms. The molecule has 2 heterocycles. The van der Waals surface area contributed by atoms with Gasteiger partial charge < -0.3 is 10.6 Å². The molecule has 1 aliphatic heterocycles. The van der Waals surface area contributed by atoms with E-state index in [1.165, 1.54) is 25.1 Å². The predicted molar refractivity (Wildman–Crippen MR) is 75.7 cm³/mol. The molecule has 4 nitrogen and oxygen atoms in total. The summed E-state index contributed by atoms with van der Waals surface area (Å²) in [6, 6.07) is 4.81. The Labute approximate surface area is 110 Å². The van der Waals surface area contributed by atoms with Crippen molar-refractivity contribution >= 4 is 5.69 Å². The van der Waals surface area contributed by atoms with Crippen molar-refractivity contribution in [1.82, 2.24) is 9.88 Å². The van der Waals surface area contributed by atoms with E-state index in [1.54, 1.807) is 0 Å². The Balaban J connectivity index is 1.95. The summed E-state index contributed by atoms with van der Waals surface area (Å²) in [5.41, 5.74) is 7.68. The van der Waals surface area contributed by atoms with Gasteiger partial charge in [0.15, 0.2) is 0 Å². The van der Waals surface area contributed by atoms with Gasteiger partial charge in [0.1, 0.15) is 0 Å². The number of anilines is 1. The minimum Gasteiger partial charge on any atom is -0.372 e. The van der Waals surface area contributed by atoms with Gasteiger partial charge in [-0.05, 0) is 38.1 Å². The van der Waals surface area contributed by atoms with Crippen LogP contribution in [0.2, 0.25) is 0 Å². The lowest BCUT2D eigenvalue weighted by molar-refractivity contribution is 0.270. The third kappa shape index (κ3) is 3.00. The van der Waals surface area contributed by atoms with Gasteiger partial charge in [-0.15, -0.1) is 0 Å². The highest BCUT2D eigenvalue weighted by atomic mass is 15.2. The molecule has 2 N–H and O–H groups in total. The van der Waals surface area contributed by atoms with Gasteiger partial charge in [0.05, 0.1) is 17.6 Å². The standard InChI is InChI=1S/C14H24N4/c1-3-18-8-4-5-14(18)11-17(2)13-7-6-12(9-15)16-10-13/h6-7,10,14H,3-5,8-9,11,15H2,1-2H3. The number of nitrogens with zero attached hydrogens (tertiary/aromatic N) is 3. The molecule has 1 aliphatic rings. The van der Waals surface area contributed by atoms with E-state index >= 15 is 0 Å². The number of hydrogen-bond acceptors (Lipinski definition) is 4. The lowest BCUT2D eigenvalue weighted by Gasteiger charge is -2.28. The van der Waals surface area contributed by atoms with E-state index in [-0.39, 0.29) is 0 Å². The van der Waals surface area contributed by atoms with Crippen LogP contribution in [-0.2, 0) is 6.54 Å². The Morgan fingerprint density at radius 3 is 2.94 bits per heavy atom. The van der Waals surface area contributed by atoms with Gasteiger partial charge in [0.2, 0.25) is 0 Å². The fourth-order valence-corrected chi connectivity index (χ4v) is 2.70. The second-order valence-corrected chi connectivity index (χ2v) is 5.02. The molecule has 1 atom stereocenters. The van der Waals surface area contributed by atoms with Crippen LogP contribution in [0.3, 0.4) is 0 Å². The molecule has 2 rings (SSSR count). The van der Waals surface area contributed by atoms with Crippen molar-refractivity contribution < 1.29 is 0 Å². The summed E-state index contributed by atoms with van der Waals surface area (Å²) in [4.78, 5) is 9.22. The van der Waals surface area contributed by atoms with Gasteiger partial charge in [0.25, 0.3) is 0 Å². The summed E-state index contributed by atoms with van der Waals surface area (Å²) in [5, 5.41) is 0. The second-order valence-electron chi connectivity index (χ2n) is 5.02. The van der Waals surface area contributed by atoms with E-state index in [4.69, 9.17) is 5.73 Å². The van der Waals surface area contributed by atoms with Crippen molar-refractivity contribution in [2.75, 3.05) is 31.6 Å². The summed E-state index contributed by atoms with van der Waals surface area (Å²) in [5.74, 6) is 0. The number of nitrogens with two attached hydrogens (primary N) is 1. The maximum atomic E-state index is 5.56. The Hall–Kier alpha value is -1.13. The highest BCUT2D eigenvalue weighted by Crippen LogP contribution is 2.20. The molecular weight excluding hydrogens is 224 g/mol. The molecule has 1 fully saturated rings. The van der Waals surface area contributed by atoms with Crippen molar-refractivity contribution in [3.8, 4) is 0 Å². The number of rotatable bonds is 5. The summed E-state index contributed by atoms with van der Waals surface area (Å²) < 4.78 is 0. The van der Waals surface area contributed by atoms with Gasteiger partial charge in [-0.25, -0.2) is 0 Å². The monoisotopic (exact) mass is 248 g/mol. The molecule has 1 unspecified atom stereocenters. The van der Waals surface area contributed by atoms with E-state index in [2.05, 4.69) is 34.8 Å². The van der Waals surface area contributed by atoms with Crippen LogP contribution in [0.15, 0.2) is 18.3 Å². The zero-order valence-electron chi connectivity index (χ0n) is 11.5. The van der Waals surface area contributed by atoms with E-state index in [0.717, 1.165) is 18.8 Å². The Bertz CT molecular complexity index is 363. The van der Waals surface area contributed by atoms with Crippen molar-refractivity contribution in [1.29, 1.82) is 0 Å². The van der Waals surface area contributed by atoms with E-state index in [0.29, 0.717) is 12.6 Å². The van der Waals surface area contributed by atoms with Gasteiger partial charge in [-0.2, -0.15) is 0 Å². The highest BCUT2D eigenvalue weighted by Gasteiger charge is 2.24. The predicted octanol–water partition coefficient (Wildman–Crippen LogP) is 1.46. The lowest BCUT2D eigenvalue weighted by Crippen LogP contribution is -2.38. The molecule has 0 bridgehead atoms. The van der Waals surface area contributed by atoms with Crippen LogP contribution >= 0.6 is 0 Å². The van der Waals surface area contributed by atoms with E-state index in [9.17, 15) is 0 Å². The molecule has 0 aliphatic carbocycles. The van der Waals surface area contributed by atoms with Crippen LogP contribution in [0, 0.1) is 0 Å². The fourth-order valence-electron chi connectivity index (χ4n) is 2.70. The highest BCUT2D eigenvalue weighted by molar-refractivity contribution is 5.43. The first-order chi connectivity index (χ1) is 8.74. The average Bonchev–Trinajstić information content (AvgIpc) is 2.86. The summed E-state index contributed by atoms with van der Waals surface area (Å²) in [6.45, 7) is 6.24. The van der Waals surface area contributed by atoms with E-state index < -0.39 is 0 Å². The first-order valence-corrected chi connectivity index (χ1v) is 6.84. The van der Waals surface area contributed by atoms with Gasteiger partial charge in [-0.1, -0.05) is 6.92 Å². The van der Waals surface area contributed by atoms with Crippen molar-refractivity contribution in [3.63, 3.8) is 0 Å². The van der Waals surface area contributed by atoms with Gasteiger partial charge in [0, 0.05) is 26.2 Å². The quantitative estimate of drug-likeness (QED) is 0.857. The number of likely N-dealkylation sites (tertiary alicyclic amines) is 1. The summed E-state index contributed by atoms with van der Waals surface area (Å²) in [6.07, 6.45) is 4.57. The number of pyridine rings is 1. The minimum atomic E-state index is 0.510. The first-order valence-electron chi connectivity index (χ1n) is 6.84. The van der Waals surface area contributed by atoms with Crippen molar-refractivity contribution in [2.45, 2.75) is 32.4 Å². The van der Waals surface area contributed by atoms with Crippen LogP contribution < -0.4 is 10.6 Å². The number of likely N-dealkylation sites (N-methyl/N-ethyl adjacent to an activating group) is 2. The summed E-state index contributed by atoms with van der Waals surface area (Å²) in [7, 11) is 2.14. The molecular formula is C14H24N4. The van der Waals surface area contributed by atoms with Crippen LogP contribution in [0.4, 0.5) is 5.69 Å². The molecule has 1 aromatic heterocycles. The number of aromatic nitrogens is 1. The Kier molecular flexibility index (Phi) is 4.55. The minimum absolute atomic E-state index is 0.510. The zero-order valence-corrected chi connectivity index (χ0v) is 11.5.